The molecule has 5 heteroatoms. The maximum atomic E-state index is 14.6. The molecule has 0 radical (unpaired) electrons. The number of thioether (sulfide) groups is 1. The van der Waals surface area contributed by atoms with Crippen molar-refractivity contribution in [1.29, 1.82) is 0 Å². The van der Waals surface area contributed by atoms with Crippen LogP contribution in [0.25, 0.3) is 16.9 Å². The smallest absolute Gasteiger partial charge is 0.263 e. The van der Waals surface area contributed by atoms with Crippen molar-refractivity contribution in [2.75, 3.05) is 7.11 Å². The number of ether oxygens (including phenoxy) is 1. The van der Waals surface area contributed by atoms with E-state index < -0.39 is 0 Å². The van der Waals surface area contributed by atoms with Crippen molar-refractivity contribution in [2.45, 2.75) is 54.8 Å². The highest BCUT2D eigenvalue weighted by atomic mass is 32.2. The van der Waals surface area contributed by atoms with E-state index >= 15 is 0 Å². The first-order chi connectivity index (χ1) is 17.7. The van der Waals surface area contributed by atoms with Crippen LogP contribution in [0.1, 0.15) is 48.8 Å². The number of hydrogen-bond donors (Lipinski definition) is 0. The zero-order chi connectivity index (χ0) is 24.5. The normalized spacial score (nSPS) is 15.8. The maximum absolute atomic E-state index is 14.6. The highest BCUT2D eigenvalue weighted by Gasteiger charge is 2.43. The van der Waals surface area contributed by atoms with Crippen LogP contribution >= 0.6 is 11.8 Å². The summed E-state index contributed by atoms with van der Waals surface area (Å²) in [5.74, 6) is 1.47. The van der Waals surface area contributed by atoms with E-state index in [1.54, 1.807) is 18.9 Å². The standard InChI is InChI=1S/C31H30N2O2S/c1-35-25-15-10-14-24(19-25)33-29(34)27-28(32-30(33)36-21-22-11-4-2-5-12-22)26-16-7-6-13-23(26)20-31(27)17-8-3-9-18-31/h2,4-7,10-16,19H,3,8-9,17-18,20-21H2,1H3. The van der Waals surface area contributed by atoms with E-state index in [-0.39, 0.29) is 11.0 Å². The van der Waals surface area contributed by atoms with Crippen LogP contribution in [0.2, 0.25) is 0 Å². The lowest BCUT2D eigenvalue weighted by molar-refractivity contribution is 0.283. The minimum absolute atomic E-state index is 0.0696. The fourth-order valence-electron chi connectivity index (χ4n) is 5.98. The molecule has 3 aromatic carbocycles. The van der Waals surface area contributed by atoms with Gasteiger partial charge in [0, 0.05) is 22.8 Å². The van der Waals surface area contributed by atoms with E-state index in [0.29, 0.717) is 0 Å². The maximum Gasteiger partial charge on any atom is 0.263 e. The predicted molar refractivity (Wildman–Crippen MR) is 146 cm³/mol. The van der Waals surface area contributed by atoms with Gasteiger partial charge in [0.25, 0.3) is 5.56 Å². The minimum Gasteiger partial charge on any atom is -0.497 e. The number of methoxy groups -OCH3 is 1. The topological polar surface area (TPSA) is 44.1 Å². The van der Waals surface area contributed by atoms with Crippen molar-refractivity contribution < 1.29 is 4.74 Å². The van der Waals surface area contributed by atoms with Crippen molar-refractivity contribution >= 4 is 11.8 Å². The second-order valence-electron chi connectivity index (χ2n) is 9.91. The lowest BCUT2D eigenvalue weighted by Gasteiger charge is -2.42. The Hall–Kier alpha value is -3.31. The van der Waals surface area contributed by atoms with Gasteiger partial charge in [0.15, 0.2) is 5.16 Å². The van der Waals surface area contributed by atoms with Gasteiger partial charge < -0.3 is 4.74 Å². The molecular formula is C31H30N2O2S. The Balaban J connectivity index is 1.59. The third-order valence-electron chi connectivity index (χ3n) is 7.72. The summed E-state index contributed by atoms with van der Waals surface area (Å²) in [6, 6.07) is 26.7. The molecular weight excluding hydrogens is 464 g/mol. The average Bonchev–Trinajstić information content (AvgIpc) is 2.93. The van der Waals surface area contributed by atoms with Gasteiger partial charge in [-0.15, -0.1) is 0 Å². The van der Waals surface area contributed by atoms with E-state index in [0.717, 1.165) is 71.3 Å². The fourth-order valence-corrected chi connectivity index (χ4v) is 6.95. The molecule has 4 aromatic rings. The van der Waals surface area contributed by atoms with Crippen LogP contribution in [0.15, 0.2) is 88.8 Å². The molecule has 6 rings (SSSR count). The van der Waals surface area contributed by atoms with Crippen molar-refractivity contribution in [3.05, 3.63) is 106 Å². The van der Waals surface area contributed by atoms with Crippen LogP contribution < -0.4 is 10.3 Å². The summed E-state index contributed by atoms with van der Waals surface area (Å²) in [6.45, 7) is 0. The Morgan fingerprint density at radius 3 is 2.53 bits per heavy atom. The zero-order valence-electron chi connectivity index (χ0n) is 20.6. The lowest BCUT2D eigenvalue weighted by atomic mass is 9.62. The number of rotatable bonds is 5. The quantitative estimate of drug-likeness (QED) is 0.222. The second-order valence-corrected chi connectivity index (χ2v) is 10.9. The Labute approximate surface area is 216 Å². The number of nitrogens with zero attached hydrogens (tertiary/aromatic N) is 2. The Kier molecular flexibility index (Phi) is 6.18. The zero-order valence-corrected chi connectivity index (χ0v) is 21.4. The van der Waals surface area contributed by atoms with E-state index in [4.69, 9.17) is 9.72 Å². The highest BCUT2D eigenvalue weighted by molar-refractivity contribution is 7.98. The molecule has 0 aliphatic heterocycles. The van der Waals surface area contributed by atoms with Crippen LogP contribution in [0, 0.1) is 0 Å². The summed E-state index contributed by atoms with van der Waals surface area (Å²) in [5.41, 5.74) is 6.16. The summed E-state index contributed by atoms with van der Waals surface area (Å²) >= 11 is 1.62. The van der Waals surface area contributed by atoms with Gasteiger partial charge in [-0.2, -0.15) is 0 Å². The molecule has 1 heterocycles. The first-order valence-corrected chi connectivity index (χ1v) is 13.7. The Morgan fingerprint density at radius 1 is 0.944 bits per heavy atom. The molecule has 0 amide bonds. The molecule has 0 bridgehead atoms. The van der Waals surface area contributed by atoms with Gasteiger partial charge in [0.1, 0.15) is 5.75 Å². The first kappa shape index (κ1) is 23.1. The molecule has 0 N–H and O–H groups in total. The van der Waals surface area contributed by atoms with E-state index in [9.17, 15) is 4.79 Å². The molecule has 1 fully saturated rings. The molecule has 2 aliphatic rings. The molecule has 4 nitrogen and oxygen atoms in total. The van der Waals surface area contributed by atoms with Crippen molar-refractivity contribution in [2.24, 2.45) is 0 Å². The molecule has 0 atom stereocenters. The summed E-state index contributed by atoms with van der Waals surface area (Å²) in [5, 5.41) is 0.721. The van der Waals surface area contributed by atoms with Gasteiger partial charge in [0.05, 0.1) is 24.1 Å². The van der Waals surface area contributed by atoms with Crippen LogP contribution in [0.4, 0.5) is 0 Å². The number of fused-ring (bicyclic) bond motifs is 4. The molecule has 36 heavy (non-hydrogen) atoms. The molecule has 1 saturated carbocycles. The van der Waals surface area contributed by atoms with Gasteiger partial charge in [0.2, 0.25) is 0 Å². The summed E-state index contributed by atoms with van der Waals surface area (Å²) in [6.07, 6.45) is 6.55. The largest absolute Gasteiger partial charge is 0.497 e. The van der Waals surface area contributed by atoms with Crippen LogP contribution in [-0.2, 0) is 17.6 Å². The predicted octanol–water partition coefficient (Wildman–Crippen LogP) is 6.96. The van der Waals surface area contributed by atoms with Crippen LogP contribution in [0.3, 0.4) is 0 Å². The monoisotopic (exact) mass is 494 g/mol. The third kappa shape index (κ3) is 4.05. The van der Waals surface area contributed by atoms with Crippen LogP contribution in [0.5, 0.6) is 5.75 Å². The molecule has 0 unspecified atom stereocenters. The van der Waals surface area contributed by atoms with Crippen LogP contribution in [-0.4, -0.2) is 16.7 Å². The molecule has 182 valence electrons. The van der Waals surface area contributed by atoms with Crippen molar-refractivity contribution in [3.8, 4) is 22.7 Å². The molecule has 1 aromatic heterocycles. The second kappa shape index (κ2) is 9.62. The number of hydrogen-bond acceptors (Lipinski definition) is 4. The van der Waals surface area contributed by atoms with Gasteiger partial charge in [-0.25, -0.2) is 4.98 Å². The van der Waals surface area contributed by atoms with E-state index in [2.05, 4.69) is 48.5 Å². The summed E-state index contributed by atoms with van der Waals surface area (Å²) in [4.78, 5) is 19.9. The average molecular weight is 495 g/mol. The summed E-state index contributed by atoms with van der Waals surface area (Å²) in [7, 11) is 1.66. The SMILES string of the molecule is COc1cccc(-n2c(SCc3ccccc3)nc3c(c2=O)C2(CCCCC2)Cc2ccccc2-3)c1. The Morgan fingerprint density at radius 2 is 1.72 bits per heavy atom. The van der Waals surface area contributed by atoms with Crippen molar-refractivity contribution in [3.63, 3.8) is 0 Å². The first-order valence-electron chi connectivity index (χ1n) is 12.8. The van der Waals surface area contributed by atoms with E-state index in [1.165, 1.54) is 17.5 Å². The molecule has 2 aliphatic carbocycles. The third-order valence-corrected chi connectivity index (χ3v) is 8.73. The summed E-state index contributed by atoms with van der Waals surface area (Å²) < 4.78 is 7.34. The van der Waals surface area contributed by atoms with E-state index in [1.807, 2.05) is 34.9 Å². The highest BCUT2D eigenvalue weighted by Crippen LogP contribution is 2.49. The lowest BCUT2D eigenvalue weighted by Crippen LogP contribution is -2.42. The number of benzene rings is 3. The number of aromatic nitrogens is 2. The van der Waals surface area contributed by atoms with Gasteiger partial charge in [-0.1, -0.05) is 91.7 Å². The minimum atomic E-state index is -0.144. The molecule has 1 spiro atoms. The van der Waals surface area contributed by atoms with Crippen molar-refractivity contribution in [1.82, 2.24) is 9.55 Å². The van der Waals surface area contributed by atoms with Gasteiger partial charge in [-0.3, -0.25) is 9.36 Å². The fraction of sp³-hybridized carbons (Fsp3) is 0.290. The molecule has 0 saturated heterocycles. The van der Waals surface area contributed by atoms with Gasteiger partial charge >= 0.3 is 0 Å². The Bertz CT molecular complexity index is 1460. The van der Waals surface area contributed by atoms with Gasteiger partial charge in [-0.05, 0) is 42.5 Å².